The highest BCUT2D eigenvalue weighted by Gasteiger charge is 2.33. The number of carbonyl (C=O) groups excluding carboxylic acids is 1. The minimum absolute atomic E-state index is 0.303. The molecule has 2 saturated heterocycles. The molecule has 1 aromatic carbocycles. The fraction of sp³-hybridized carbons (Fsp3) is 0.611. The van der Waals surface area contributed by atoms with Crippen LogP contribution in [-0.4, -0.2) is 36.0 Å². The molecule has 2 atom stereocenters. The van der Waals surface area contributed by atoms with Crippen LogP contribution in [0.1, 0.15) is 43.2 Å². The van der Waals surface area contributed by atoms with Crippen molar-refractivity contribution >= 4 is 5.91 Å². The second kappa shape index (κ2) is 6.61. The van der Waals surface area contributed by atoms with E-state index >= 15 is 0 Å². The zero-order valence-electron chi connectivity index (χ0n) is 13.0. The Bertz CT molecular complexity index is 476. The summed E-state index contributed by atoms with van der Waals surface area (Å²) >= 11 is 0. The molecule has 0 spiro atoms. The molecule has 1 amide bonds. The Morgan fingerprint density at radius 3 is 2.71 bits per heavy atom. The largest absolute Gasteiger partial charge is 0.338 e. The molecule has 2 unspecified atom stereocenters. The van der Waals surface area contributed by atoms with E-state index in [4.69, 9.17) is 0 Å². The summed E-state index contributed by atoms with van der Waals surface area (Å²) in [5.41, 5.74) is 2.38. The van der Waals surface area contributed by atoms with Gasteiger partial charge in [-0.3, -0.25) is 4.79 Å². The van der Waals surface area contributed by atoms with E-state index in [-0.39, 0.29) is 0 Å². The van der Waals surface area contributed by atoms with Crippen molar-refractivity contribution in [2.75, 3.05) is 13.1 Å². The van der Waals surface area contributed by atoms with Gasteiger partial charge >= 0.3 is 0 Å². The number of carbonyl (C=O) groups is 1. The zero-order valence-corrected chi connectivity index (χ0v) is 13.0. The van der Waals surface area contributed by atoms with Gasteiger partial charge in [0.15, 0.2) is 0 Å². The van der Waals surface area contributed by atoms with Crippen LogP contribution < -0.4 is 5.32 Å². The first-order valence-corrected chi connectivity index (χ1v) is 8.32. The van der Waals surface area contributed by atoms with E-state index in [1.165, 1.54) is 24.8 Å². The smallest absolute Gasteiger partial charge is 0.227 e. The molecule has 3 heteroatoms. The highest BCUT2D eigenvalue weighted by molar-refractivity contribution is 5.79. The number of hydrogen-bond acceptors (Lipinski definition) is 2. The Hall–Kier alpha value is -1.35. The first-order valence-electron chi connectivity index (χ1n) is 8.32. The Morgan fingerprint density at radius 2 is 2.00 bits per heavy atom. The minimum atomic E-state index is 0.303. The Labute approximate surface area is 127 Å². The van der Waals surface area contributed by atoms with Gasteiger partial charge in [0.2, 0.25) is 5.91 Å². The third-order valence-corrected chi connectivity index (χ3v) is 4.91. The second-order valence-electron chi connectivity index (χ2n) is 6.52. The quantitative estimate of drug-likeness (QED) is 0.926. The summed E-state index contributed by atoms with van der Waals surface area (Å²) in [6.45, 7) is 4.13. The van der Waals surface area contributed by atoms with Crippen molar-refractivity contribution in [3.63, 3.8) is 0 Å². The lowest BCUT2D eigenvalue weighted by Crippen LogP contribution is -2.53. The molecule has 2 heterocycles. The maximum atomic E-state index is 12.7. The number of piperidine rings is 1. The van der Waals surface area contributed by atoms with Crippen LogP contribution >= 0.6 is 0 Å². The Kier molecular flexibility index (Phi) is 4.59. The third-order valence-electron chi connectivity index (χ3n) is 4.91. The summed E-state index contributed by atoms with van der Waals surface area (Å²) < 4.78 is 0. The number of nitrogens with one attached hydrogen (secondary N) is 1. The van der Waals surface area contributed by atoms with Gasteiger partial charge in [-0.2, -0.15) is 0 Å². The molecule has 2 aliphatic rings. The molecule has 114 valence electrons. The lowest BCUT2D eigenvalue weighted by atomic mass is 9.93. The van der Waals surface area contributed by atoms with Crippen molar-refractivity contribution in [1.29, 1.82) is 0 Å². The van der Waals surface area contributed by atoms with E-state index in [0.717, 1.165) is 31.5 Å². The van der Waals surface area contributed by atoms with Crippen LogP contribution in [0.3, 0.4) is 0 Å². The van der Waals surface area contributed by atoms with Crippen molar-refractivity contribution in [3.05, 3.63) is 35.4 Å². The summed E-state index contributed by atoms with van der Waals surface area (Å²) in [6, 6.07) is 9.29. The van der Waals surface area contributed by atoms with Crippen LogP contribution in [0.15, 0.2) is 24.3 Å². The molecule has 0 aliphatic carbocycles. The normalized spacial score (nSPS) is 26.0. The molecule has 0 radical (unpaired) electrons. The summed E-state index contributed by atoms with van der Waals surface area (Å²) in [7, 11) is 0. The van der Waals surface area contributed by atoms with E-state index in [9.17, 15) is 4.79 Å². The monoisotopic (exact) mass is 286 g/mol. The Morgan fingerprint density at radius 1 is 1.19 bits per heavy atom. The van der Waals surface area contributed by atoms with Crippen LogP contribution in [0.2, 0.25) is 0 Å². The summed E-state index contributed by atoms with van der Waals surface area (Å²) in [5, 5.41) is 3.59. The number of rotatable bonds is 3. The van der Waals surface area contributed by atoms with E-state index in [1.807, 2.05) is 0 Å². The summed E-state index contributed by atoms with van der Waals surface area (Å²) in [6.07, 6.45) is 6.60. The maximum absolute atomic E-state index is 12.7. The van der Waals surface area contributed by atoms with E-state index in [2.05, 4.69) is 41.4 Å². The molecule has 1 N–H and O–H groups in total. The van der Waals surface area contributed by atoms with Crippen molar-refractivity contribution in [3.8, 4) is 0 Å². The highest BCUT2D eigenvalue weighted by atomic mass is 16.2. The molecule has 0 bridgehead atoms. The minimum Gasteiger partial charge on any atom is -0.338 e. The van der Waals surface area contributed by atoms with Crippen LogP contribution in [0.4, 0.5) is 0 Å². The Balaban J connectivity index is 1.67. The van der Waals surface area contributed by atoms with Gasteiger partial charge in [0.1, 0.15) is 0 Å². The molecular formula is C18H26N2O. The number of likely N-dealkylation sites (tertiary alicyclic amines) is 1. The lowest BCUT2D eigenvalue weighted by molar-refractivity contribution is -0.134. The molecule has 3 nitrogen and oxygen atoms in total. The zero-order chi connectivity index (χ0) is 14.7. The van der Waals surface area contributed by atoms with Gasteiger partial charge in [-0.05, 0) is 51.1 Å². The molecule has 1 aromatic rings. The number of benzene rings is 1. The van der Waals surface area contributed by atoms with Crippen LogP contribution in [0.5, 0.6) is 0 Å². The summed E-state index contributed by atoms with van der Waals surface area (Å²) in [5.74, 6) is 0.303. The topological polar surface area (TPSA) is 32.3 Å². The molecule has 0 aromatic heterocycles. The van der Waals surface area contributed by atoms with Gasteiger partial charge < -0.3 is 10.2 Å². The molecular weight excluding hydrogens is 260 g/mol. The van der Waals surface area contributed by atoms with E-state index in [0.29, 0.717) is 24.4 Å². The predicted octanol–water partition coefficient (Wildman–Crippen LogP) is 2.67. The SMILES string of the molecule is Cc1ccc(CC(=O)N2CCCCC2C2CCCN2)cc1. The van der Waals surface area contributed by atoms with Gasteiger partial charge in [0.05, 0.1) is 6.42 Å². The predicted molar refractivity (Wildman–Crippen MR) is 85.3 cm³/mol. The van der Waals surface area contributed by atoms with Crippen LogP contribution in [-0.2, 0) is 11.2 Å². The standard InChI is InChI=1S/C18H26N2O/c1-14-7-9-15(10-8-14)13-18(21)20-12-3-2-6-17(20)16-5-4-11-19-16/h7-10,16-17,19H,2-6,11-13H2,1H3. The van der Waals surface area contributed by atoms with Gasteiger partial charge in [0, 0.05) is 18.6 Å². The van der Waals surface area contributed by atoms with Crippen molar-refractivity contribution in [2.45, 2.75) is 57.5 Å². The third kappa shape index (κ3) is 3.46. The first-order chi connectivity index (χ1) is 10.2. The molecule has 3 rings (SSSR count). The lowest BCUT2D eigenvalue weighted by Gasteiger charge is -2.39. The van der Waals surface area contributed by atoms with E-state index < -0.39 is 0 Å². The highest BCUT2D eigenvalue weighted by Crippen LogP contribution is 2.25. The van der Waals surface area contributed by atoms with E-state index in [1.54, 1.807) is 0 Å². The molecule has 21 heavy (non-hydrogen) atoms. The van der Waals surface area contributed by atoms with Crippen molar-refractivity contribution in [1.82, 2.24) is 10.2 Å². The average Bonchev–Trinajstić information content (AvgIpc) is 3.04. The molecule has 2 aliphatic heterocycles. The number of hydrogen-bond donors (Lipinski definition) is 1. The fourth-order valence-corrected chi connectivity index (χ4v) is 3.71. The van der Waals surface area contributed by atoms with Crippen LogP contribution in [0.25, 0.3) is 0 Å². The number of amides is 1. The van der Waals surface area contributed by atoms with Crippen LogP contribution in [0, 0.1) is 6.92 Å². The second-order valence-corrected chi connectivity index (χ2v) is 6.52. The molecule has 2 fully saturated rings. The number of aryl methyl sites for hydroxylation is 1. The van der Waals surface area contributed by atoms with Gasteiger partial charge in [-0.15, -0.1) is 0 Å². The summed E-state index contributed by atoms with van der Waals surface area (Å²) in [4.78, 5) is 14.9. The van der Waals surface area contributed by atoms with Gasteiger partial charge in [0.25, 0.3) is 0 Å². The van der Waals surface area contributed by atoms with Gasteiger partial charge in [-0.25, -0.2) is 0 Å². The fourth-order valence-electron chi connectivity index (χ4n) is 3.71. The number of nitrogens with zero attached hydrogens (tertiary/aromatic N) is 1. The van der Waals surface area contributed by atoms with Crippen molar-refractivity contribution in [2.24, 2.45) is 0 Å². The van der Waals surface area contributed by atoms with Gasteiger partial charge in [-0.1, -0.05) is 29.8 Å². The first kappa shape index (κ1) is 14.6. The maximum Gasteiger partial charge on any atom is 0.227 e. The molecule has 0 saturated carbocycles. The average molecular weight is 286 g/mol. The van der Waals surface area contributed by atoms with Crippen molar-refractivity contribution < 1.29 is 4.79 Å².